The standard InChI is InChI=1S/C14H24BrNO/c1-11(2)12(15)13(17)16-9-7-14(8-10-16)5-3-4-6-14/h11-12H,3-10H2,1-2H3. The maximum atomic E-state index is 12.2. The lowest BCUT2D eigenvalue weighted by atomic mass is 9.77. The Hall–Kier alpha value is -0.0500. The fraction of sp³-hybridized carbons (Fsp3) is 0.929. The molecule has 1 aliphatic carbocycles. The second-order valence-corrected chi connectivity index (χ2v) is 7.16. The van der Waals surface area contributed by atoms with E-state index in [1.54, 1.807) is 0 Å². The fourth-order valence-electron chi connectivity index (χ4n) is 3.29. The van der Waals surface area contributed by atoms with Crippen LogP contribution in [0, 0.1) is 11.3 Å². The summed E-state index contributed by atoms with van der Waals surface area (Å²) in [5.74, 6) is 0.678. The minimum absolute atomic E-state index is 0.000119. The molecule has 0 radical (unpaired) electrons. The first-order valence-corrected chi connectivity index (χ1v) is 7.89. The van der Waals surface area contributed by atoms with E-state index in [2.05, 4.69) is 34.7 Å². The first-order valence-electron chi connectivity index (χ1n) is 6.97. The number of hydrogen-bond donors (Lipinski definition) is 0. The highest BCUT2D eigenvalue weighted by atomic mass is 79.9. The van der Waals surface area contributed by atoms with E-state index in [0.717, 1.165) is 13.1 Å². The molecule has 1 heterocycles. The van der Waals surface area contributed by atoms with E-state index in [1.807, 2.05) is 0 Å². The Morgan fingerprint density at radius 3 is 2.12 bits per heavy atom. The molecule has 2 aliphatic rings. The van der Waals surface area contributed by atoms with Crippen molar-refractivity contribution in [2.75, 3.05) is 13.1 Å². The van der Waals surface area contributed by atoms with Gasteiger partial charge in [-0.3, -0.25) is 4.79 Å². The Kier molecular flexibility index (Phi) is 4.17. The van der Waals surface area contributed by atoms with Gasteiger partial charge >= 0.3 is 0 Å². The van der Waals surface area contributed by atoms with Crippen LogP contribution in [0.5, 0.6) is 0 Å². The molecule has 2 nitrogen and oxygen atoms in total. The molecule has 0 N–H and O–H groups in total. The number of alkyl halides is 1. The van der Waals surface area contributed by atoms with Crippen LogP contribution in [-0.4, -0.2) is 28.7 Å². The average molecular weight is 302 g/mol. The second kappa shape index (κ2) is 5.29. The lowest BCUT2D eigenvalue weighted by molar-refractivity contribution is -0.133. The molecule has 1 aliphatic heterocycles. The van der Waals surface area contributed by atoms with Gasteiger partial charge in [0.15, 0.2) is 0 Å². The van der Waals surface area contributed by atoms with Crippen LogP contribution in [-0.2, 0) is 4.79 Å². The summed E-state index contributed by atoms with van der Waals surface area (Å²) >= 11 is 3.53. The average Bonchev–Trinajstić information content (AvgIpc) is 2.76. The summed E-state index contributed by atoms with van der Waals surface area (Å²) in [6.07, 6.45) is 8.07. The van der Waals surface area contributed by atoms with Crippen LogP contribution in [0.2, 0.25) is 0 Å². The minimum Gasteiger partial charge on any atom is -0.342 e. The molecule has 0 aromatic rings. The normalized spacial score (nSPS) is 25.5. The van der Waals surface area contributed by atoms with Gasteiger partial charge in [-0.15, -0.1) is 0 Å². The van der Waals surface area contributed by atoms with Crippen molar-refractivity contribution < 1.29 is 4.79 Å². The van der Waals surface area contributed by atoms with Crippen LogP contribution < -0.4 is 0 Å². The third-order valence-corrected chi connectivity index (χ3v) is 6.07. The van der Waals surface area contributed by atoms with Gasteiger partial charge < -0.3 is 4.90 Å². The number of carbonyl (C=O) groups is 1. The van der Waals surface area contributed by atoms with E-state index < -0.39 is 0 Å². The van der Waals surface area contributed by atoms with Crippen molar-refractivity contribution in [2.24, 2.45) is 11.3 Å². The summed E-state index contributed by atoms with van der Waals surface area (Å²) in [4.78, 5) is 14.3. The highest BCUT2D eigenvalue weighted by Crippen LogP contribution is 2.46. The summed E-state index contributed by atoms with van der Waals surface area (Å²) in [6.45, 7) is 6.15. The van der Waals surface area contributed by atoms with E-state index in [4.69, 9.17) is 0 Å². The van der Waals surface area contributed by atoms with E-state index in [9.17, 15) is 4.79 Å². The van der Waals surface area contributed by atoms with Gasteiger partial charge in [0.25, 0.3) is 0 Å². The molecule has 2 rings (SSSR count). The SMILES string of the molecule is CC(C)C(Br)C(=O)N1CCC2(CCCC2)CC1. The highest BCUT2D eigenvalue weighted by molar-refractivity contribution is 9.10. The van der Waals surface area contributed by atoms with Crippen molar-refractivity contribution in [3.8, 4) is 0 Å². The topological polar surface area (TPSA) is 20.3 Å². The number of amides is 1. The molecule has 98 valence electrons. The van der Waals surface area contributed by atoms with E-state index in [0.29, 0.717) is 17.2 Å². The van der Waals surface area contributed by atoms with Crippen LogP contribution in [0.4, 0.5) is 0 Å². The lowest BCUT2D eigenvalue weighted by Crippen LogP contribution is -2.46. The second-order valence-electron chi connectivity index (χ2n) is 6.18. The highest BCUT2D eigenvalue weighted by Gasteiger charge is 2.38. The van der Waals surface area contributed by atoms with Gasteiger partial charge in [-0.05, 0) is 37.0 Å². The summed E-state index contributed by atoms with van der Waals surface area (Å²) in [5.41, 5.74) is 0.608. The number of carbonyl (C=O) groups excluding carboxylic acids is 1. The number of rotatable bonds is 2. The molecule has 0 aromatic carbocycles. The van der Waals surface area contributed by atoms with Gasteiger partial charge in [-0.1, -0.05) is 42.6 Å². The molecule has 1 atom stereocenters. The lowest BCUT2D eigenvalue weighted by Gasteiger charge is -2.40. The van der Waals surface area contributed by atoms with Gasteiger partial charge in [0.1, 0.15) is 0 Å². The molecule has 1 spiro atoms. The van der Waals surface area contributed by atoms with E-state index >= 15 is 0 Å². The summed E-state index contributed by atoms with van der Waals surface area (Å²) in [5, 5.41) is 0. The smallest absolute Gasteiger partial charge is 0.236 e. The van der Waals surface area contributed by atoms with Gasteiger partial charge in [-0.25, -0.2) is 0 Å². The maximum absolute atomic E-state index is 12.2. The predicted octanol–water partition coefficient (Wildman–Crippen LogP) is 3.59. The fourth-order valence-corrected chi connectivity index (χ4v) is 3.58. The molecule has 1 unspecified atom stereocenters. The molecular weight excluding hydrogens is 278 g/mol. The molecule has 0 bridgehead atoms. The molecule has 3 heteroatoms. The third-order valence-electron chi connectivity index (χ3n) is 4.62. The Morgan fingerprint density at radius 2 is 1.65 bits per heavy atom. The van der Waals surface area contributed by atoms with Crippen molar-refractivity contribution >= 4 is 21.8 Å². The number of hydrogen-bond acceptors (Lipinski definition) is 1. The largest absolute Gasteiger partial charge is 0.342 e. The predicted molar refractivity (Wildman–Crippen MR) is 74.3 cm³/mol. The molecule has 17 heavy (non-hydrogen) atoms. The quantitative estimate of drug-likeness (QED) is 0.714. The van der Waals surface area contributed by atoms with Crippen LogP contribution in [0.15, 0.2) is 0 Å². The zero-order chi connectivity index (χ0) is 12.5. The van der Waals surface area contributed by atoms with Crippen molar-refractivity contribution in [3.05, 3.63) is 0 Å². The van der Waals surface area contributed by atoms with Crippen LogP contribution in [0.1, 0.15) is 52.4 Å². The molecule has 0 aromatic heterocycles. The van der Waals surface area contributed by atoms with Gasteiger partial charge in [-0.2, -0.15) is 0 Å². The van der Waals surface area contributed by atoms with Gasteiger partial charge in [0, 0.05) is 13.1 Å². The first-order chi connectivity index (χ1) is 8.04. The number of halogens is 1. The van der Waals surface area contributed by atoms with Crippen molar-refractivity contribution in [1.82, 2.24) is 4.90 Å². The summed E-state index contributed by atoms with van der Waals surface area (Å²) in [6, 6.07) is 0. The van der Waals surface area contributed by atoms with Crippen molar-refractivity contribution in [3.63, 3.8) is 0 Å². The molecule has 1 saturated carbocycles. The van der Waals surface area contributed by atoms with E-state index in [-0.39, 0.29) is 4.83 Å². The summed E-state index contributed by atoms with van der Waals surface area (Å²) < 4.78 is 0. The number of piperidine rings is 1. The minimum atomic E-state index is 0.000119. The Bertz CT molecular complexity index is 274. The molecular formula is C14H24BrNO. The Morgan fingerprint density at radius 1 is 1.12 bits per heavy atom. The van der Waals surface area contributed by atoms with Crippen molar-refractivity contribution in [2.45, 2.75) is 57.2 Å². The van der Waals surface area contributed by atoms with Crippen LogP contribution in [0.25, 0.3) is 0 Å². The number of likely N-dealkylation sites (tertiary alicyclic amines) is 1. The van der Waals surface area contributed by atoms with Crippen LogP contribution in [0.3, 0.4) is 0 Å². The zero-order valence-corrected chi connectivity index (χ0v) is 12.6. The zero-order valence-electron chi connectivity index (χ0n) is 11.0. The monoisotopic (exact) mass is 301 g/mol. The van der Waals surface area contributed by atoms with E-state index in [1.165, 1.54) is 38.5 Å². The molecule has 1 saturated heterocycles. The van der Waals surface area contributed by atoms with Crippen molar-refractivity contribution in [1.29, 1.82) is 0 Å². The maximum Gasteiger partial charge on any atom is 0.236 e. The molecule has 1 amide bonds. The van der Waals surface area contributed by atoms with Gasteiger partial charge in [0.2, 0.25) is 5.91 Å². The van der Waals surface area contributed by atoms with Gasteiger partial charge in [0.05, 0.1) is 4.83 Å². The number of nitrogens with zero attached hydrogens (tertiary/aromatic N) is 1. The van der Waals surface area contributed by atoms with Crippen LogP contribution >= 0.6 is 15.9 Å². The molecule has 2 fully saturated rings. The first kappa shape index (κ1) is 13.4. The summed E-state index contributed by atoms with van der Waals surface area (Å²) in [7, 11) is 0. The third kappa shape index (κ3) is 2.86. The Labute approximate surface area is 113 Å². The Balaban J connectivity index is 1.88.